The lowest BCUT2D eigenvalue weighted by Crippen LogP contribution is -2.02. The van der Waals surface area contributed by atoms with Gasteiger partial charge in [0.2, 0.25) is 5.82 Å². The van der Waals surface area contributed by atoms with E-state index in [4.69, 9.17) is 10.3 Å². The normalized spacial score (nSPS) is 11.3. The standard InChI is InChI=1S/C17H16N6OS/c1-10(2)11-5-7-12(8-6-11)23-15(18)14(20-22-23)17-19-16(21-24-17)13-4-3-9-25-13/h3-10H,18H2,1-2H3. The van der Waals surface area contributed by atoms with Gasteiger partial charge in [0.05, 0.1) is 10.6 Å². The van der Waals surface area contributed by atoms with Crippen molar-refractivity contribution in [2.24, 2.45) is 0 Å². The van der Waals surface area contributed by atoms with Crippen molar-refractivity contribution in [3.63, 3.8) is 0 Å². The molecule has 3 aromatic heterocycles. The fourth-order valence-electron chi connectivity index (χ4n) is 2.46. The molecule has 0 fully saturated rings. The Bertz CT molecular complexity index is 985. The molecule has 0 aliphatic carbocycles. The zero-order chi connectivity index (χ0) is 17.4. The van der Waals surface area contributed by atoms with Gasteiger partial charge in [-0.25, -0.2) is 0 Å². The Morgan fingerprint density at radius 1 is 1.16 bits per heavy atom. The van der Waals surface area contributed by atoms with Crippen LogP contribution in [0.4, 0.5) is 5.82 Å². The van der Waals surface area contributed by atoms with E-state index in [0.717, 1.165) is 10.6 Å². The van der Waals surface area contributed by atoms with Crippen molar-refractivity contribution in [1.82, 2.24) is 25.1 Å². The van der Waals surface area contributed by atoms with Crippen LogP contribution in [0.3, 0.4) is 0 Å². The van der Waals surface area contributed by atoms with Crippen molar-refractivity contribution in [3.05, 3.63) is 47.3 Å². The van der Waals surface area contributed by atoms with Crippen LogP contribution in [0.15, 0.2) is 46.3 Å². The van der Waals surface area contributed by atoms with Gasteiger partial charge in [0, 0.05) is 0 Å². The zero-order valence-electron chi connectivity index (χ0n) is 13.7. The van der Waals surface area contributed by atoms with Crippen LogP contribution in [-0.4, -0.2) is 25.1 Å². The Kier molecular flexibility index (Phi) is 3.81. The maximum Gasteiger partial charge on any atom is 0.282 e. The van der Waals surface area contributed by atoms with E-state index in [1.807, 2.05) is 29.6 Å². The number of anilines is 1. The molecule has 1 aromatic carbocycles. The Hall–Kier alpha value is -3.00. The number of benzene rings is 1. The first-order valence-corrected chi connectivity index (χ1v) is 8.71. The molecule has 0 amide bonds. The molecule has 0 aliphatic heterocycles. The first kappa shape index (κ1) is 15.5. The summed E-state index contributed by atoms with van der Waals surface area (Å²) in [5.41, 5.74) is 8.67. The van der Waals surface area contributed by atoms with Crippen LogP contribution in [-0.2, 0) is 0 Å². The summed E-state index contributed by atoms with van der Waals surface area (Å²) in [7, 11) is 0. The van der Waals surface area contributed by atoms with Gasteiger partial charge in [0.1, 0.15) is 0 Å². The van der Waals surface area contributed by atoms with E-state index in [1.54, 1.807) is 4.68 Å². The minimum Gasteiger partial charge on any atom is -0.382 e. The molecule has 8 heteroatoms. The molecule has 0 unspecified atom stereocenters. The van der Waals surface area contributed by atoms with Crippen molar-refractivity contribution >= 4 is 17.2 Å². The highest BCUT2D eigenvalue weighted by molar-refractivity contribution is 7.13. The van der Waals surface area contributed by atoms with Gasteiger partial charge in [-0.3, -0.25) is 0 Å². The maximum atomic E-state index is 6.21. The van der Waals surface area contributed by atoms with Gasteiger partial charge in [-0.05, 0) is 35.1 Å². The SMILES string of the molecule is CC(C)c1ccc(-n2nnc(-c3nc(-c4cccs4)no3)c2N)cc1. The molecular formula is C17H16N6OS. The summed E-state index contributed by atoms with van der Waals surface area (Å²) in [6.45, 7) is 4.30. The summed E-state index contributed by atoms with van der Waals surface area (Å²) in [5, 5.41) is 14.2. The second kappa shape index (κ2) is 6.14. The van der Waals surface area contributed by atoms with Crippen molar-refractivity contribution in [2.75, 3.05) is 5.73 Å². The first-order chi connectivity index (χ1) is 12.1. The maximum absolute atomic E-state index is 6.21. The van der Waals surface area contributed by atoms with Crippen LogP contribution in [0.5, 0.6) is 0 Å². The number of aromatic nitrogens is 5. The van der Waals surface area contributed by atoms with Crippen LogP contribution in [0.25, 0.3) is 28.0 Å². The highest BCUT2D eigenvalue weighted by Gasteiger charge is 2.20. The molecule has 126 valence electrons. The number of nitrogen functional groups attached to an aromatic ring is 1. The van der Waals surface area contributed by atoms with Crippen molar-refractivity contribution in [1.29, 1.82) is 0 Å². The highest BCUT2D eigenvalue weighted by Crippen LogP contribution is 2.28. The van der Waals surface area contributed by atoms with Crippen LogP contribution in [0.1, 0.15) is 25.3 Å². The summed E-state index contributed by atoms with van der Waals surface area (Å²) in [6.07, 6.45) is 0. The third-order valence-electron chi connectivity index (χ3n) is 3.88. The van der Waals surface area contributed by atoms with E-state index >= 15 is 0 Å². The fraction of sp³-hybridized carbons (Fsp3) is 0.176. The second-order valence-electron chi connectivity index (χ2n) is 5.88. The minimum absolute atomic E-state index is 0.256. The monoisotopic (exact) mass is 352 g/mol. The predicted molar refractivity (Wildman–Crippen MR) is 96.5 cm³/mol. The number of hydrogen-bond donors (Lipinski definition) is 1. The third-order valence-corrected chi connectivity index (χ3v) is 4.75. The number of hydrogen-bond acceptors (Lipinski definition) is 7. The summed E-state index contributed by atoms with van der Waals surface area (Å²) >= 11 is 1.54. The molecule has 7 nitrogen and oxygen atoms in total. The van der Waals surface area contributed by atoms with E-state index < -0.39 is 0 Å². The molecule has 0 bridgehead atoms. The predicted octanol–water partition coefficient (Wildman–Crippen LogP) is 3.75. The Morgan fingerprint density at radius 3 is 2.64 bits per heavy atom. The summed E-state index contributed by atoms with van der Waals surface area (Å²) in [6, 6.07) is 11.9. The fourth-order valence-corrected chi connectivity index (χ4v) is 3.11. The van der Waals surface area contributed by atoms with Crippen LogP contribution >= 0.6 is 11.3 Å². The van der Waals surface area contributed by atoms with Crippen molar-refractivity contribution < 1.29 is 4.52 Å². The van der Waals surface area contributed by atoms with Crippen molar-refractivity contribution in [2.45, 2.75) is 19.8 Å². The number of rotatable bonds is 4. The first-order valence-electron chi connectivity index (χ1n) is 7.83. The van der Waals surface area contributed by atoms with Crippen LogP contribution < -0.4 is 5.73 Å². The van der Waals surface area contributed by atoms with Gasteiger partial charge >= 0.3 is 0 Å². The molecule has 25 heavy (non-hydrogen) atoms. The summed E-state index contributed by atoms with van der Waals surface area (Å²) in [5.74, 6) is 1.59. The molecule has 4 aromatic rings. The Morgan fingerprint density at radius 2 is 1.96 bits per heavy atom. The number of nitrogens with two attached hydrogens (primary N) is 1. The summed E-state index contributed by atoms with van der Waals surface area (Å²) < 4.78 is 6.87. The van der Waals surface area contributed by atoms with Gasteiger partial charge in [-0.2, -0.15) is 9.67 Å². The number of nitrogens with zero attached hydrogens (tertiary/aromatic N) is 5. The average molecular weight is 352 g/mol. The zero-order valence-corrected chi connectivity index (χ0v) is 14.6. The average Bonchev–Trinajstić information content (AvgIpc) is 3.35. The lowest BCUT2D eigenvalue weighted by Gasteiger charge is -2.07. The van der Waals surface area contributed by atoms with Crippen LogP contribution in [0, 0.1) is 0 Å². The molecule has 3 heterocycles. The Labute approximate surface area is 148 Å². The molecule has 0 saturated carbocycles. The van der Waals surface area contributed by atoms with Crippen LogP contribution in [0.2, 0.25) is 0 Å². The quantitative estimate of drug-likeness (QED) is 0.601. The smallest absolute Gasteiger partial charge is 0.282 e. The molecule has 4 rings (SSSR count). The molecule has 0 spiro atoms. The van der Waals surface area contributed by atoms with Crippen molar-refractivity contribution in [3.8, 4) is 28.0 Å². The Balaban J connectivity index is 1.67. The lowest BCUT2D eigenvalue weighted by molar-refractivity contribution is 0.431. The molecule has 2 N–H and O–H groups in total. The third kappa shape index (κ3) is 2.80. The largest absolute Gasteiger partial charge is 0.382 e. The highest BCUT2D eigenvalue weighted by atomic mass is 32.1. The lowest BCUT2D eigenvalue weighted by atomic mass is 10.0. The van der Waals surface area contributed by atoms with E-state index in [0.29, 0.717) is 23.3 Å². The molecule has 0 aliphatic rings. The molecule has 0 radical (unpaired) electrons. The van der Waals surface area contributed by atoms with Gasteiger partial charge in [-0.15, -0.1) is 16.4 Å². The second-order valence-corrected chi connectivity index (χ2v) is 6.83. The van der Waals surface area contributed by atoms with E-state index in [9.17, 15) is 0 Å². The van der Waals surface area contributed by atoms with Gasteiger partial charge in [-0.1, -0.05) is 42.4 Å². The van der Waals surface area contributed by atoms with E-state index in [1.165, 1.54) is 16.9 Å². The van der Waals surface area contributed by atoms with E-state index in [-0.39, 0.29) is 5.89 Å². The van der Waals surface area contributed by atoms with Gasteiger partial charge in [0.15, 0.2) is 11.5 Å². The topological polar surface area (TPSA) is 95.6 Å². The molecule has 0 atom stereocenters. The van der Waals surface area contributed by atoms with Gasteiger partial charge in [0.25, 0.3) is 5.89 Å². The van der Waals surface area contributed by atoms with Gasteiger partial charge < -0.3 is 10.3 Å². The molecule has 0 saturated heterocycles. The minimum atomic E-state index is 0.256. The number of thiophene rings is 1. The van der Waals surface area contributed by atoms with E-state index in [2.05, 4.69) is 46.4 Å². The summed E-state index contributed by atoms with van der Waals surface area (Å²) in [4.78, 5) is 5.29. The molecular weight excluding hydrogens is 336 g/mol.